The first kappa shape index (κ1) is 36.5. The van der Waals surface area contributed by atoms with Crippen LogP contribution in [0.2, 0.25) is 0 Å². The number of carbonyl (C=O) groups is 2. The van der Waals surface area contributed by atoms with E-state index in [1.807, 2.05) is 12.1 Å². The molecule has 270 valence electrons. The number of rotatable bonds is 9. The van der Waals surface area contributed by atoms with Gasteiger partial charge < -0.3 is 19.7 Å². The van der Waals surface area contributed by atoms with Crippen molar-refractivity contribution in [3.63, 3.8) is 0 Å². The molecule has 6 aromatic rings. The van der Waals surface area contributed by atoms with E-state index in [1.165, 1.54) is 36.4 Å². The molecule has 2 heterocycles. The van der Waals surface area contributed by atoms with Crippen molar-refractivity contribution in [3.8, 4) is 58.1 Å². The summed E-state index contributed by atoms with van der Waals surface area (Å²) in [6, 6.07) is 22.4. The summed E-state index contributed by atoms with van der Waals surface area (Å²) in [5, 5.41) is 37.0. The number of hydrogen-bond donors (Lipinski definition) is 4. The van der Waals surface area contributed by atoms with Gasteiger partial charge in [0, 0.05) is 40.8 Å². The molecule has 16 nitrogen and oxygen atoms in total. The van der Waals surface area contributed by atoms with Crippen molar-refractivity contribution in [2.45, 2.75) is 9.79 Å². The maximum absolute atomic E-state index is 12.7. The zero-order chi connectivity index (χ0) is 38.6. The Morgan fingerprint density at radius 3 is 1.57 bits per heavy atom. The van der Waals surface area contributed by atoms with Gasteiger partial charge in [-0.2, -0.15) is 0 Å². The van der Waals surface area contributed by atoms with Gasteiger partial charge in [-0.25, -0.2) is 36.6 Å². The van der Waals surface area contributed by atoms with E-state index in [-0.39, 0.29) is 49.9 Å². The second-order valence-corrected chi connectivity index (χ2v) is 15.3. The fourth-order valence-electron chi connectivity index (χ4n) is 4.88. The van der Waals surface area contributed by atoms with E-state index in [0.29, 0.717) is 11.1 Å². The van der Waals surface area contributed by atoms with Crippen LogP contribution in [0, 0.1) is 23.7 Å². The summed E-state index contributed by atoms with van der Waals surface area (Å²) < 4.78 is 61.4. The molecule has 0 spiro atoms. The Morgan fingerprint density at radius 2 is 1.07 bits per heavy atom. The Morgan fingerprint density at radius 1 is 0.593 bits per heavy atom. The lowest BCUT2D eigenvalue weighted by molar-refractivity contribution is 0.0676. The lowest BCUT2D eigenvalue weighted by Crippen LogP contribution is -2.02. The molecule has 0 radical (unpaired) electrons. The van der Waals surface area contributed by atoms with Crippen molar-refractivity contribution in [1.29, 1.82) is 0 Å². The minimum absolute atomic E-state index is 0.0109. The molecule has 0 aliphatic heterocycles. The molecule has 0 amide bonds. The summed E-state index contributed by atoms with van der Waals surface area (Å²) in [6.45, 7) is 0. The minimum Gasteiger partial charge on any atom is -0.476 e. The molecule has 0 unspecified atom stereocenters. The molecule has 0 fully saturated rings. The molecule has 0 bridgehead atoms. The average molecular weight is 765 g/mol. The van der Waals surface area contributed by atoms with Gasteiger partial charge in [0.2, 0.25) is 11.4 Å². The number of nitrogens with zero attached hydrogens (tertiary/aromatic N) is 4. The number of nitrogens with one attached hydrogen (secondary N) is 2. The van der Waals surface area contributed by atoms with E-state index in [2.05, 4.69) is 54.5 Å². The van der Waals surface area contributed by atoms with Gasteiger partial charge in [-0.1, -0.05) is 68.6 Å². The van der Waals surface area contributed by atoms with E-state index in [0.717, 1.165) is 23.6 Å². The van der Waals surface area contributed by atoms with Crippen molar-refractivity contribution in [2.75, 3.05) is 12.5 Å². The summed E-state index contributed by atoms with van der Waals surface area (Å²) in [7, 11) is -7.51. The van der Waals surface area contributed by atoms with Crippen LogP contribution in [0.25, 0.3) is 11.1 Å². The van der Waals surface area contributed by atoms with Crippen LogP contribution in [0.15, 0.2) is 94.7 Å². The van der Waals surface area contributed by atoms with E-state index in [9.17, 15) is 36.6 Å². The van der Waals surface area contributed by atoms with E-state index in [1.54, 1.807) is 36.4 Å². The Kier molecular flexibility index (Phi) is 9.98. The van der Waals surface area contributed by atoms with Crippen LogP contribution in [0.1, 0.15) is 43.2 Å². The molecule has 54 heavy (non-hydrogen) atoms. The molecule has 18 heteroatoms. The SMILES string of the molecule is CS(=O)(=O)c1ccc(Oc2nn[nH]c2C(=O)O)cc1C#Cc1cccc(-c2cccc(C#Cc3ccc(Oc4nn[nH]c4C(=O)O)cc3S(C)(=O)=O)c2)c1. The fraction of sp³-hybridized carbons (Fsp3) is 0.0556. The minimum atomic E-state index is -3.80. The summed E-state index contributed by atoms with van der Waals surface area (Å²) >= 11 is 0. The topological polar surface area (TPSA) is 244 Å². The van der Waals surface area contributed by atoms with Crippen LogP contribution in [-0.2, 0) is 19.7 Å². The number of aromatic nitrogens is 6. The van der Waals surface area contributed by atoms with Gasteiger partial charge in [-0.15, -0.1) is 0 Å². The maximum atomic E-state index is 12.7. The standard InChI is InChI=1S/C36H24N6O10S2/c1-53(47,48)29-16-15-27(51-33-31(35(43)44)37-41-39-33)19-26(29)12-10-22-6-4-8-25(18-22)24-7-3-5-21(17-24)9-11-23-13-14-28(20-30(23)54(2,49)50)52-34-32(36(45)46)38-42-40-34/h3-8,13-20H,1-2H3,(H,43,44)(H,45,46)(H,37,39,41)(H,38,40,42). The Hall–Kier alpha value is -7.28. The predicted molar refractivity (Wildman–Crippen MR) is 190 cm³/mol. The van der Waals surface area contributed by atoms with Crippen LogP contribution in [0.5, 0.6) is 23.3 Å². The van der Waals surface area contributed by atoms with E-state index in [4.69, 9.17) is 9.47 Å². The number of aromatic carboxylic acids is 2. The lowest BCUT2D eigenvalue weighted by Gasteiger charge is -2.07. The summed E-state index contributed by atoms with van der Waals surface area (Å²) in [5.41, 5.74) is 2.11. The number of ether oxygens (including phenoxy) is 2. The molecule has 2 aromatic heterocycles. The lowest BCUT2D eigenvalue weighted by atomic mass is 10.0. The fourth-order valence-corrected chi connectivity index (χ4v) is 6.56. The number of carboxylic acids is 2. The van der Waals surface area contributed by atoms with Crippen LogP contribution in [0.4, 0.5) is 0 Å². The highest BCUT2D eigenvalue weighted by atomic mass is 32.2. The number of aromatic amines is 2. The Balaban J connectivity index is 1.27. The van der Waals surface area contributed by atoms with E-state index < -0.39 is 37.3 Å². The van der Waals surface area contributed by atoms with Gasteiger partial charge in [-0.3, -0.25) is 0 Å². The maximum Gasteiger partial charge on any atom is 0.359 e. The van der Waals surface area contributed by atoms with Gasteiger partial charge in [0.1, 0.15) is 11.5 Å². The third kappa shape index (κ3) is 8.43. The Labute approximate surface area is 306 Å². The second kappa shape index (κ2) is 14.8. The summed E-state index contributed by atoms with van der Waals surface area (Å²) in [6.07, 6.45) is 2.05. The largest absolute Gasteiger partial charge is 0.476 e. The highest BCUT2D eigenvalue weighted by Crippen LogP contribution is 2.29. The molecule has 0 saturated heterocycles. The van der Waals surface area contributed by atoms with Gasteiger partial charge in [0.15, 0.2) is 19.7 Å². The van der Waals surface area contributed by atoms with Gasteiger partial charge in [0.25, 0.3) is 11.8 Å². The number of H-pyrrole nitrogens is 2. The molecule has 0 saturated carbocycles. The molecule has 0 atom stereocenters. The molecule has 4 N–H and O–H groups in total. The zero-order valence-electron chi connectivity index (χ0n) is 27.8. The normalized spacial score (nSPS) is 11.1. The highest BCUT2D eigenvalue weighted by Gasteiger charge is 2.20. The first-order chi connectivity index (χ1) is 25.7. The Bertz CT molecular complexity index is 2820. The molecular formula is C36H24N6O10S2. The van der Waals surface area contributed by atoms with Crippen molar-refractivity contribution in [2.24, 2.45) is 0 Å². The van der Waals surface area contributed by atoms with Crippen molar-refractivity contribution in [1.82, 2.24) is 30.8 Å². The molecule has 4 aromatic carbocycles. The predicted octanol–water partition coefficient (Wildman–Crippen LogP) is 4.18. The third-order valence-corrected chi connectivity index (χ3v) is 9.63. The van der Waals surface area contributed by atoms with Crippen LogP contribution < -0.4 is 9.47 Å². The van der Waals surface area contributed by atoms with Crippen LogP contribution in [0.3, 0.4) is 0 Å². The average Bonchev–Trinajstić information content (AvgIpc) is 3.80. The number of hydrogen-bond acceptors (Lipinski definition) is 12. The quantitative estimate of drug-likeness (QED) is 0.151. The van der Waals surface area contributed by atoms with Gasteiger partial charge >= 0.3 is 11.9 Å². The number of carboxylic acid groups (broad SMARTS) is 2. The molecule has 6 rings (SSSR count). The number of benzene rings is 4. The monoisotopic (exact) mass is 764 g/mol. The zero-order valence-corrected chi connectivity index (χ0v) is 29.5. The van der Waals surface area contributed by atoms with Crippen LogP contribution >= 0.6 is 0 Å². The number of sulfone groups is 2. The van der Waals surface area contributed by atoms with Crippen molar-refractivity contribution in [3.05, 3.63) is 119 Å². The summed E-state index contributed by atoms with van der Waals surface area (Å²) in [4.78, 5) is 22.5. The van der Waals surface area contributed by atoms with Gasteiger partial charge in [-0.05, 0) is 65.7 Å². The third-order valence-electron chi connectivity index (χ3n) is 7.33. The first-order valence-electron chi connectivity index (χ1n) is 15.2. The molecule has 0 aliphatic rings. The summed E-state index contributed by atoms with van der Waals surface area (Å²) in [5.74, 6) is 8.47. The van der Waals surface area contributed by atoms with Crippen molar-refractivity contribution >= 4 is 31.6 Å². The first-order valence-corrected chi connectivity index (χ1v) is 19.0. The van der Waals surface area contributed by atoms with Crippen molar-refractivity contribution < 1.29 is 46.1 Å². The van der Waals surface area contributed by atoms with Crippen LogP contribution in [-0.4, -0.2) is 82.3 Å². The second-order valence-electron chi connectivity index (χ2n) is 11.3. The molecular weight excluding hydrogens is 741 g/mol. The van der Waals surface area contributed by atoms with Gasteiger partial charge in [0.05, 0.1) is 9.79 Å². The smallest absolute Gasteiger partial charge is 0.359 e. The molecule has 0 aliphatic carbocycles. The highest BCUT2D eigenvalue weighted by molar-refractivity contribution is 7.91. The van der Waals surface area contributed by atoms with E-state index >= 15 is 0 Å².